The van der Waals surface area contributed by atoms with Crippen LogP contribution in [-0.4, -0.2) is 96.1 Å². The summed E-state index contributed by atoms with van der Waals surface area (Å²) in [5.41, 5.74) is -2.85. The van der Waals surface area contributed by atoms with Crippen molar-refractivity contribution >= 4 is 18.9 Å². The summed E-state index contributed by atoms with van der Waals surface area (Å²) in [5.74, 6) is -2.13. The summed E-state index contributed by atoms with van der Waals surface area (Å²) in [4.78, 5) is 38.2. The van der Waals surface area contributed by atoms with Crippen LogP contribution in [0.4, 0.5) is 0 Å². The van der Waals surface area contributed by atoms with E-state index in [2.05, 4.69) is 34.6 Å². The van der Waals surface area contributed by atoms with E-state index >= 15 is 0 Å². The molecule has 0 aromatic rings. The predicted molar refractivity (Wildman–Crippen MR) is 193 cm³/mol. The lowest BCUT2D eigenvalue weighted by Crippen LogP contribution is -2.60. The van der Waals surface area contributed by atoms with E-state index in [0.29, 0.717) is 25.2 Å². The summed E-state index contributed by atoms with van der Waals surface area (Å²) in [6.07, 6.45) is -6.69. The van der Waals surface area contributed by atoms with Gasteiger partial charge in [-0.05, 0) is 68.6 Å². The van der Waals surface area contributed by atoms with Gasteiger partial charge in [0.2, 0.25) is 0 Å². The van der Waals surface area contributed by atoms with Gasteiger partial charge in [-0.2, -0.15) is 0 Å². The van der Waals surface area contributed by atoms with Crippen LogP contribution in [0.1, 0.15) is 123 Å². The van der Waals surface area contributed by atoms with Gasteiger partial charge in [0.1, 0.15) is 23.9 Å². The maximum atomic E-state index is 14.4. The summed E-state index contributed by atoms with van der Waals surface area (Å²) < 4.78 is 43.3. The van der Waals surface area contributed by atoms with Crippen LogP contribution in [0.3, 0.4) is 0 Å². The van der Waals surface area contributed by atoms with Crippen LogP contribution >= 0.6 is 0 Å². The Labute approximate surface area is 312 Å². The predicted octanol–water partition coefficient (Wildman–Crippen LogP) is 5.82. The highest BCUT2D eigenvalue weighted by Crippen LogP contribution is 2.45. The van der Waals surface area contributed by atoms with Gasteiger partial charge < -0.3 is 43.4 Å². The first-order chi connectivity index (χ1) is 24.0. The van der Waals surface area contributed by atoms with Crippen molar-refractivity contribution < 1.29 is 57.8 Å². The number of hydrogen-bond acceptors (Lipinski definition) is 12. The first-order valence-electron chi connectivity index (χ1n) is 19.4. The molecule has 0 aromatic heterocycles. The molecule has 0 radical (unpaired) electrons. The Bertz CT molecular complexity index is 1170. The molecule has 3 saturated heterocycles. The molecule has 12 nitrogen and oxygen atoms in total. The lowest BCUT2D eigenvalue weighted by Gasteiger charge is -2.49. The lowest BCUT2D eigenvalue weighted by atomic mass is 9.69. The third-order valence-electron chi connectivity index (χ3n) is 13.0. The zero-order valence-corrected chi connectivity index (χ0v) is 34.2. The third kappa shape index (κ3) is 9.88. The molecule has 0 spiro atoms. The molecule has 0 aromatic carbocycles. The van der Waals surface area contributed by atoms with Crippen LogP contribution in [0.2, 0.25) is 0 Å². The average molecular weight is 743 g/mol. The molecule has 3 rings (SSSR count). The highest BCUT2D eigenvalue weighted by molar-refractivity contribution is 5.76. The molecular weight excluding hydrogens is 672 g/mol. The van der Waals surface area contributed by atoms with E-state index in [-0.39, 0.29) is 48.3 Å². The second-order valence-corrected chi connectivity index (χ2v) is 18.0. The van der Waals surface area contributed by atoms with Crippen molar-refractivity contribution in [3.8, 4) is 0 Å². The maximum Gasteiger partial charge on any atom is 0.338 e. The Morgan fingerprint density at radius 1 is 0.788 bits per heavy atom. The lowest BCUT2D eigenvalue weighted by molar-refractivity contribution is -0.288. The zero-order chi connectivity index (χ0) is 39.5. The van der Waals surface area contributed by atoms with Crippen molar-refractivity contribution in [2.45, 2.75) is 190 Å². The average Bonchev–Trinajstić information content (AvgIpc) is 3.04. The van der Waals surface area contributed by atoms with Gasteiger partial charge in [0, 0.05) is 24.2 Å². The number of aliphatic hydroxyl groups excluding tert-OH is 1. The molecule has 0 saturated carbocycles. The fourth-order valence-electron chi connectivity index (χ4n) is 9.30. The number of hydrogen-bond donors (Lipinski definition) is 2. The van der Waals surface area contributed by atoms with Crippen molar-refractivity contribution in [1.29, 1.82) is 0 Å². The molecule has 12 heteroatoms. The smallest absolute Gasteiger partial charge is 0.338 e. The minimum atomic E-state index is -1.93. The molecule has 52 heavy (non-hydrogen) atoms. The molecule has 17 atom stereocenters. The van der Waals surface area contributed by atoms with E-state index in [0.717, 1.165) is 6.42 Å². The van der Waals surface area contributed by atoms with Gasteiger partial charge in [-0.25, -0.2) is 4.79 Å². The van der Waals surface area contributed by atoms with Crippen LogP contribution in [0.25, 0.3) is 0 Å². The van der Waals surface area contributed by atoms with Crippen molar-refractivity contribution in [3.63, 3.8) is 0 Å². The van der Waals surface area contributed by atoms with Gasteiger partial charge in [-0.15, -0.1) is 0 Å². The molecule has 3 aliphatic heterocycles. The normalized spacial score (nSPS) is 46.3. The van der Waals surface area contributed by atoms with E-state index < -0.39 is 78.0 Å². The van der Waals surface area contributed by atoms with Gasteiger partial charge >= 0.3 is 5.97 Å². The van der Waals surface area contributed by atoms with Gasteiger partial charge in [0.15, 0.2) is 18.7 Å². The largest absolute Gasteiger partial charge is 0.464 e. The minimum absolute atomic E-state index is 0.0418. The number of esters is 1. The minimum Gasteiger partial charge on any atom is -0.464 e. The van der Waals surface area contributed by atoms with E-state index in [1.165, 1.54) is 6.92 Å². The number of aliphatic hydroxyl groups is 2. The zero-order valence-electron chi connectivity index (χ0n) is 34.2. The first-order valence-corrected chi connectivity index (χ1v) is 19.4. The van der Waals surface area contributed by atoms with Crippen molar-refractivity contribution in [1.82, 2.24) is 0 Å². The highest BCUT2D eigenvalue weighted by atomic mass is 16.7. The van der Waals surface area contributed by atoms with E-state index in [9.17, 15) is 24.6 Å². The highest BCUT2D eigenvalue weighted by Gasteiger charge is 2.53. The number of cyclic esters (lactones) is 1. The molecule has 0 aliphatic carbocycles. The number of ether oxygens (including phenoxy) is 7. The Hall–Kier alpha value is -1.83. The van der Waals surface area contributed by atoms with Gasteiger partial charge in [0.25, 0.3) is 12.9 Å². The van der Waals surface area contributed by atoms with Crippen LogP contribution in [0.5, 0.6) is 0 Å². The maximum absolute atomic E-state index is 14.4. The molecule has 0 amide bonds. The van der Waals surface area contributed by atoms with Crippen molar-refractivity contribution in [3.05, 3.63) is 0 Å². The van der Waals surface area contributed by atoms with Crippen LogP contribution in [-0.2, 0) is 47.5 Å². The number of carbonyl (C=O) groups is 3. The quantitative estimate of drug-likeness (QED) is 0.166. The van der Waals surface area contributed by atoms with Crippen LogP contribution in [0, 0.1) is 46.3 Å². The standard InChI is InChI=1S/C40H70O12/c1-15-29-40(14,45)35(47-20-42)26(7)32(46-19-41)22(3)17-39(12,13)34(52-37-24(5)21(2)16-23(4)48-37)25(6)31(43)33(36(44)50-29)51-30-18-38(10,11)27(8)28(9)49-30/h19-35,37,43,45H,15-18H2,1-14H3/t21-,22+,23+,24+,25-,26-,27-,28-,29+,30?,31-,32-,33+,34+,35+,37?,40+/m0/s1. The summed E-state index contributed by atoms with van der Waals surface area (Å²) in [6, 6.07) is 0. The first kappa shape index (κ1) is 44.6. The molecule has 3 fully saturated rings. The fraction of sp³-hybridized carbons (Fsp3) is 0.925. The molecular formula is C40H70O12. The van der Waals surface area contributed by atoms with Crippen molar-refractivity contribution in [2.24, 2.45) is 46.3 Å². The third-order valence-corrected chi connectivity index (χ3v) is 13.0. The Balaban J connectivity index is 2.21. The molecule has 3 heterocycles. The van der Waals surface area contributed by atoms with E-state index in [1.807, 2.05) is 41.5 Å². The second kappa shape index (κ2) is 17.8. The van der Waals surface area contributed by atoms with Crippen molar-refractivity contribution in [2.75, 3.05) is 0 Å². The number of rotatable bonds is 9. The van der Waals surface area contributed by atoms with E-state index in [4.69, 9.17) is 33.2 Å². The molecule has 2 N–H and O–H groups in total. The van der Waals surface area contributed by atoms with Gasteiger partial charge in [-0.3, -0.25) is 9.59 Å². The number of carbonyl (C=O) groups excluding carboxylic acids is 3. The molecule has 302 valence electrons. The fourth-order valence-corrected chi connectivity index (χ4v) is 9.30. The van der Waals surface area contributed by atoms with E-state index in [1.54, 1.807) is 13.8 Å². The summed E-state index contributed by atoms with van der Waals surface area (Å²) in [5, 5.41) is 24.4. The Morgan fingerprint density at radius 3 is 1.96 bits per heavy atom. The monoisotopic (exact) mass is 742 g/mol. The molecule has 0 bridgehead atoms. The molecule has 3 aliphatic rings. The Kier molecular flexibility index (Phi) is 15.2. The van der Waals surface area contributed by atoms with Gasteiger partial charge in [0.05, 0.1) is 24.4 Å². The van der Waals surface area contributed by atoms with Gasteiger partial charge in [-0.1, -0.05) is 76.2 Å². The second-order valence-electron chi connectivity index (χ2n) is 18.0. The summed E-state index contributed by atoms with van der Waals surface area (Å²) >= 11 is 0. The SMILES string of the molecule is CC[C@H]1OC(=O)[C@H](OC2CC(C)(C)[C@@H](C)[C@H](C)O2)[C@@H](O)[C@H](C)[C@@H](OC2O[C@H](C)C[C@H](C)[C@H]2C)C(C)(C)C[C@@H](C)[C@H](OC=O)[C@H](C)[C@@H](OC=O)[C@]1(C)O. The summed E-state index contributed by atoms with van der Waals surface area (Å²) in [6.45, 7) is 27.9. The Morgan fingerprint density at radius 2 is 1.40 bits per heavy atom. The topological polar surface area (TPSA) is 156 Å². The van der Waals surface area contributed by atoms with Crippen LogP contribution < -0.4 is 0 Å². The van der Waals surface area contributed by atoms with Crippen LogP contribution in [0.15, 0.2) is 0 Å². The molecule has 2 unspecified atom stereocenters. The summed E-state index contributed by atoms with van der Waals surface area (Å²) in [7, 11) is 0.